The van der Waals surface area contributed by atoms with Crippen molar-refractivity contribution in [3.63, 3.8) is 0 Å². The number of hydrogen-bond donors (Lipinski definition) is 2. The molecule has 3 aliphatic heterocycles. The molecule has 3 atom stereocenters. The molecule has 0 radical (unpaired) electrons. The van der Waals surface area contributed by atoms with Gasteiger partial charge in [-0.05, 0) is 51.0 Å². The van der Waals surface area contributed by atoms with E-state index in [1.165, 1.54) is 6.92 Å². The first-order valence-corrected chi connectivity index (χ1v) is 11.2. The molecule has 0 bridgehead atoms. The van der Waals surface area contributed by atoms with E-state index in [1.54, 1.807) is 0 Å². The summed E-state index contributed by atoms with van der Waals surface area (Å²) >= 11 is 0. The van der Waals surface area contributed by atoms with E-state index in [1.807, 2.05) is 4.90 Å². The molecule has 3 amide bonds. The lowest BCUT2D eigenvalue weighted by Crippen LogP contribution is -2.52. The van der Waals surface area contributed by atoms with E-state index < -0.39 is 6.04 Å². The summed E-state index contributed by atoms with van der Waals surface area (Å²) in [5.41, 5.74) is 0. The molecule has 1 saturated carbocycles. The zero-order valence-corrected chi connectivity index (χ0v) is 17.4. The van der Waals surface area contributed by atoms with Crippen LogP contribution < -0.4 is 10.6 Å². The number of rotatable bonds is 6. The van der Waals surface area contributed by atoms with Crippen LogP contribution in [0.1, 0.15) is 45.4 Å². The Morgan fingerprint density at radius 1 is 1.07 bits per heavy atom. The molecule has 0 unspecified atom stereocenters. The lowest BCUT2D eigenvalue weighted by Gasteiger charge is -2.28. The summed E-state index contributed by atoms with van der Waals surface area (Å²) in [5.74, 6) is 0.724. The standard InChI is InChI=1S/C21H34N4O4/c1-14(26)22-17-10-18-12-24(7-4-15-5-8-29-9-6-15)13-19(21(28)25(18)11-17)23-20(27)16-2-3-16/h15-19H,2-13H2,1H3,(H,22,26)(H,23,27)/t17-,18-,19-/m0/s1. The third-order valence-corrected chi connectivity index (χ3v) is 6.77. The van der Waals surface area contributed by atoms with Gasteiger partial charge < -0.3 is 20.3 Å². The highest BCUT2D eigenvalue weighted by molar-refractivity contribution is 5.90. The number of fused-ring (bicyclic) bond motifs is 1. The minimum Gasteiger partial charge on any atom is -0.381 e. The van der Waals surface area contributed by atoms with Crippen LogP contribution in [0.4, 0.5) is 0 Å². The quantitative estimate of drug-likeness (QED) is 0.654. The van der Waals surface area contributed by atoms with Crippen molar-refractivity contribution in [2.24, 2.45) is 11.8 Å². The number of nitrogens with one attached hydrogen (secondary N) is 2. The van der Waals surface area contributed by atoms with Crippen molar-refractivity contribution in [1.29, 1.82) is 0 Å². The van der Waals surface area contributed by atoms with Gasteiger partial charge in [0.1, 0.15) is 6.04 Å². The fourth-order valence-corrected chi connectivity index (χ4v) is 4.99. The molecule has 8 nitrogen and oxygen atoms in total. The molecule has 0 aromatic rings. The first-order valence-electron chi connectivity index (χ1n) is 11.2. The Bertz CT molecular complexity index is 632. The molecular weight excluding hydrogens is 372 g/mol. The van der Waals surface area contributed by atoms with Gasteiger partial charge in [-0.15, -0.1) is 0 Å². The molecule has 3 heterocycles. The van der Waals surface area contributed by atoms with Crippen LogP contribution in [0, 0.1) is 11.8 Å². The molecule has 4 fully saturated rings. The second-order valence-corrected chi connectivity index (χ2v) is 9.22. The van der Waals surface area contributed by atoms with Gasteiger partial charge >= 0.3 is 0 Å². The van der Waals surface area contributed by atoms with Crippen molar-refractivity contribution < 1.29 is 19.1 Å². The van der Waals surface area contributed by atoms with Gasteiger partial charge in [0.2, 0.25) is 17.7 Å². The zero-order valence-electron chi connectivity index (χ0n) is 17.4. The van der Waals surface area contributed by atoms with Crippen molar-refractivity contribution in [2.75, 3.05) is 39.4 Å². The second kappa shape index (κ2) is 9.00. The van der Waals surface area contributed by atoms with E-state index in [2.05, 4.69) is 15.5 Å². The molecule has 0 aromatic carbocycles. The van der Waals surface area contributed by atoms with Crippen LogP contribution in [-0.2, 0) is 19.1 Å². The monoisotopic (exact) mass is 406 g/mol. The van der Waals surface area contributed by atoms with Crippen LogP contribution in [0.25, 0.3) is 0 Å². The Kier molecular flexibility index (Phi) is 6.39. The van der Waals surface area contributed by atoms with E-state index >= 15 is 0 Å². The second-order valence-electron chi connectivity index (χ2n) is 9.22. The van der Waals surface area contributed by atoms with E-state index in [-0.39, 0.29) is 35.7 Å². The van der Waals surface area contributed by atoms with Crippen LogP contribution >= 0.6 is 0 Å². The van der Waals surface area contributed by atoms with Crippen molar-refractivity contribution in [3.8, 4) is 0 Å². The van der Waals surface area contributed by atoms with Crippen molar-refractivity contribution in [2.45, 2.75) is 63.6 Å². The van der Waals surface area contributed by atoms with Crippen LogP contribution in [0.2, 0.25) is 0 Å². The van der Waals surface area contributed by atoms with Gasteiger partial charge in [-0.1, -0.05) is 0 Å². The topological polar surface area (TPSA) is 91.0 Å². The SMILES string of the molecule is CC(=O)N[C@H]1C[C@H]2CN(CCC3CCOCC3)C[C@H](NC(=O)C3CC3)C(=O)N2C1. The van der Waals surface area contributed by atoms with Crippen LogP contribution in [0.3, 0.4) is 0 Å². The molecule has 0 spiro atoms. The van der Waals surface area contributed by atoms with Gasteiger partial charge in [-0.2, -0.15) is 0 Å². The van der Waals surface area contributed by atoms with Crippen molar-refractivity contribution in [1.82, 2.24) is 20.4 Å². The Morgan fingerprint density at radius 3 is 2.52 bits per heavy atom. The van der Waals surface area contributed by atoms with Gasteiger partial charge in [-0.25, -0.2) is 0 Å². The summed E-state index contributed by atoms with van der Waals surface area (Å²) in [7, 11) is 0. The molecule has 162 valence electrons. The number of carbonyl (C=O) groups is 3. The molecule has 8 heteroatoms. The lowest BCUT2D eigenvalue weighted by molar-refractivity contribution is -0.136. The largest absolute Gasteiger partial charge is 0.381 e. The number of ether oxygens (including phenoxy) is 1. The summed E-state index contributed by atoms with van der Waals surface area (Å²) < 4.78 is 5.47. The average molecular weight is 407 g/mol. The zero-order chi connectivity index (χ0) is 20.4. The average Bonchev–Trinajstić information content (AvgIpc) is 3.49. The summed E-state index contributed by atoms with van der Waals surface area (Å²) in [5, 5.41) is 6.00. The molecule has 3 saturated heterocycles. The Hall–Kier alpha value is -1.67. The smallest absolute Gasteiger partial charge is 0.246 e. The number of nitrogens with zero attached hydrogens (tertiary/aromatic N) is 2. The molecule has 2 N–H and O–H groups in total. The highest BCUT2D eigenvalue weighted by Crippen LogP contribution is 2.30. The van der Waals surface area contributed by atoms with Gasteiger partial charge in [0.25, 0.3) is 0 Å². The highest BCUT2D eigenvalue weighted by Gasteiger charge is 2.43. The minimum absolute atomic E-state index is 0.00308. The van der Waals surface area contributed by atoms with E-state index in [0.29, 0.717) is 19.0 Å². The number of carbonyl (C=O) groups excluding carboxylic acids is 3. The van der Waals surface area contributed by atoms with Crippen molar-refractivity contribution >= 4 is 17.7 Å². The Labute approximate surface area is 172 Å². The Morgan fingerprint density at radius 2 is 1.83 bits per heavy atom. The molecule has 4 aliphatic rings. The molecular formula is C21H34N4O4. The molecule has 1 aliphatic carbocycles. The van der Waals surface area contributed by atoms with Crippen LogP contribution in [0.5, 0.6) is 0 Å². The highest BCUT2D eigenvalue weighted by atomic mass is 16.5. The third kappa shape index (κ3) is 5.28. The first kappa shape index (κ1) is 20.6. The number of amides is 3. The molecule has 29 heavy (non-hydrogen) atoms. The van der Waals surface area contributed by atoms with Gasteiger partial charge in [0.15, 0.2) is 0 Å². The van der Waals surface area contributed by atoms with E-state index in [0.717, 1.165) is 64.8 Å². The van der Waals surface area contributed by atoms with Crippen LogP contribution in [-0.4, -0.2) is 85.0 Å². The third-order valence-electron chi connectivity index (χ3n) is 6.77. The summed E-state index contributed by atoms with van der Waals surface area (Å²) in [6.07, 6.45) is 5.95. The maximum absolute atomic E-state index is 13.2. The van der Waals surface area contributed by atoms with E-state index in [9.17, 15) is 14.4 Å². The predicted molar refractivity (Wildman–Crippen MR) is 107 cm³/mol. The normalized spacial score (nSPS) is 31.3. The van der Waals surface area contributed by atoms with Gasteiger partial charge in [0.05, 0.1) is 0 Å². The fraction of sp³-hybridized carbons (Fsp3) is 0.857. The van der Waals surface area contributed by atoms with E-state index in [4.69, 9.17) is 4.74 Å². The maximum atomic E-state index is 13.2. The Balaban J connectivity index is 1.42. The molecule has 4 rings (SSSR count). The summed E-state index contributed by atoms with van der Waals surface area (Å²) in [6.45, 7) is 6.06. The fourth-order valence-electron chi connectivity index (χ4n) is 4.99. The van der Waals surface area contributed by atoms with Crippen molar-refractivity contribution in [3.05, 3.63) is 0 Å². The lowest BCUT2D eigenvalue weighted by atomic mass is 9.96. The van der Waals surface area contributed by atoms with Crippen LogP contribution in [0.15, 0.2) is 0 Å². The first-order chi connectivity index (χ1) is 14.0. The summed E-state index contributed by atoms with van der Waals surface area (Å²) in [4.78, 5) is 41.4. The predicted octanol–water partition coefficient (Wildman–Crippen LogP) is 0.119. The molecule has 0 aromatic heterocycles. The number of hydrogen-bond acceptors (Lipinski definition) is 5. The minimum atomic E-state index is -0.487. The van der Waals surface area contributed by atoms with Gasteiger partial charge in [0, 0.05) is 57.8 Å². The summed E-state index contributed by atoms with van der Waals surface area (Å²) in [6, 6.07) is -0.396. The van der Waals surface area contributed by atoms with Gasteiger partial charge in [-0.3, -0.25) is 19.3 Å². The maximum Gasteiger partial charge on any atom is 0.246 e.